The van der Waals surface area contributed by atoms with Gasteiger partial charge in [0, 0.05) is 12.8 Å². The Hall–Kier alpha value is -2.55. The average molecular weight is 737 g/mol. The van der Waals surface area contributed by atoms with Crippen molar-refractivity contribution in [3.63, 3.8) is 0 Å². The quantitative estimate of drug-likeness (QED) is 0.0194. The van der Waals surface area contributed by atoms with Crippen LogP contribution in [-0.2, 0) is 28.2 Å². The monoisotopic (exact) mass is 736 g/mol. The van der Waals surface area contributed by atoms with Crippen LogP contribution >= 0.6 is 7.82 Å². The molecule has 0 aliphatic carbocycles. The van der Waals surface area contributed by atoms with Gasteiger partial charge in [-0.15, -0.1) is 0 Å². The Morgan fingerprint density at radius 1 is 0.608 bits per heavy atom. The molecular weight excluding hydrogens is 667 g/mol. The summed E-state index contributed by atoms with van der Waals surface area (Å²) in [5.74, 6) is -0.989. The van der Waals surface area contributed by atoms with Crippen LogP contribution < -0.4 is 0 Å². The van der Waals surface area contributed by atoms with E-state index in [0.29, 0.717) is 25.7 Å². The molecule has 10 heteroatoms. The maximum Gasteiger partial charge on any atom is 0.469 e. The van der Waals surface area contributed by atoms with Crippen molar-refractivity contribution in [2.45, 2.75) is 161 Å². The number of carbonyl (C=O) groups excluding carboxylic acids is 2. The van der Waals surface area contributed by atoms with Gasteiger partial charge in [0.05, 0.1) is 12.7 Å². The first-order valence-corrected chi connectivity index (χ1v) is 20.9. The normalized spacial score (nSPS) is 13.9. The smallest absolute Gasteiger partial charge is 0.462 e. The lowest BCUT2D eigenvalue weighted by atomic mass is 10.1. The van der Waals surface area contributed by atoms with Crippen molar-refractivity contribution in [1.82, 2.24) is 0 Å². The average Bonchev–Trinajstić information content (AvgIpc) is 3.10. The molecule has 0 amide bonds. The van der Waals surface area contributed by atoms with Crippen LogP contribution in [0.3, 0.4) is 0 Å². The number of esters is 2. The molecule has 0 unspecified atom stereocenters. The van der Waals surface area contributed by atoms with Gasteiger partial charge in [-0.1, -0.05) is 138 Å². The second-order valence-corrected chi connectivity index (χ2v) is 14.0. The summed E-state index contributed by atoms with van der Waals surface area (Å²) in [4.78, 5) is 42.7. The summed E-state index contributed by atoms with van der Waals surface area (Å²) in [6.07, 6.45) is 42.9. The first-order valence-electron chi connectivity index (χ1n) is 19.3. The summed E-state index contributed by atoms with van der Waals surface area (Å²) in [5, 5.41) is 9.44. The molecule has 0 spiro atoms. The topological polar surface area (TPSA) is 140 Å². The Morgan fingerprint density at radius 3 is 1.73 bits per heavy atom. The Kier molecular flexibility index (Phi) is 34.0. The van der Waals surface area contributed by atoms with Crippen molar-refractivity contribution >= 4 is 19.8 Å². The van der Waals surface area contributed by atoms with Crippen molar-refractivity contribution in [1.29, 1.82) is 0 Å². The van der Waals surface area contributed by atoms with Crippen LogP contribution in [0.2, 0.25) is 0 Å². The van der Waals surface area contributed by atoms with Crippen LogP contribution in [0.1, 0.15) is 149 Å². The largest absolute Gasteiger partial charge is 0.469 e. The Balaban J connectivity index is 4.11. The molecule has 0 saturated heterocycles. The Bertz CT molecular complexity index is 1070. The molecule has 0 aromatic carbocycles. The van der Waals surface area contributed by atoms with E-state index in [1.165, 1.54) is 38.5 Å². The molecule has 3 N–H and O–H groups in total. The third-order valence-corrected chi connectivity index (χ3v) is 8.35. The first-order chi connectivity index (χ1) is 24.7. The number of ether oxygens (including phenoxy) is 2. The summed E-state index contributed by atoms with van der Waals surface area (Å²) in [7, 11) is -4.78. The van der Waals surface area contributed by atoms with E-state index in [0.717, 1.165) is 57.8 Å². The standard InChI is InChI=1S/C41H69O9P/c1-3-5-6-7-8-9-10-11-12-17-20-23-26-29-32-35-41(44)50-39(37-49-51(45,46)47)36-48-40(43)34-31-28-25-22-19-16-14-13-15-18-21-24-27-30-33-38(42)4-2/h11-12,14-16,18,22,24-25,27,30,33,38-39,42H,3-10,13,17,19-21,23,26,28-29,31-32,34-37H2,1-2H3,(H2,45,46,47)/b12-11-,16-14-,18-15-,25-22-,27-24-,33-30+/t38-,39+/m0/s1. The zero-order valence-electron chi connectivity index (χ0n) is 31.6. The summed E-state index contributed by atoms with van der Waals surface area (Å²) in [6, 6.07) is 0. The molecule has 0 bridgehead atoms. The molecule has 0 radical (unpaired) electrons. The van der Waals surface area contributed by atoms with Crippen LogP contribution in [0.15, 0.2) is 72.9 Å². The van der Waals surface area contributed by atoms with E-state index in [-0.39, 0.29) is 25.6 Å². The van der Waals surface area contributed by atoms with Gasteiger partial charge in [-0.2, -0.15) is 0 Å². The van der Waals surface area contributed by atoms with Crippen LogP contribution in [0, 0.1) is 0 Å². The third kappa shape index (κ3) is 38.5. The van der Waals surface area contributed by atoms with Crippen molar-refractivity contribution in [3.05, 3.63) is 72.9 Å². The number of phosphoric ester groups is 1. The van der Waals surface area contributed by atoms with Gasteiger partial charge in [-0.3, -0.25) is 14.1 Å². The van der Waals surface area contributed by atoms with Crippen LogP contribution in [0.5, 0.6) is 0 Å². The fraction of sp³-hybridized carbons (Fsp3) is 0.659. The fourth-order valence-corrected chi connectivity index (χ4v) is 5.18. The van der Waals surface area contributed by atoms with Crippen molar-refractivity contribution in [2.24, 2.45) is 0 Å². The fourth-order valence-electron chi connectivity index (χ4n) is 4.82. The lowest BCUT2D eigenvalue weighted by Crippen LogP contribution is -2.29. The highest BCUT2D eigenvalue weighted by Gasteiger charge is 2.22. The lowest BCUT2D eigenvalue weighted by Gasteiger charge is -2.18. The molecule has 0 saturated carbocycles. The minimum absolute atomic E-state index is 0.170. The van der Waals surface area contributed by atoms with E-state index >= 15 is 0 Å². The van der Waals surface area contributed by atoms with Crippen LogP contribution in [-0.4, -0.2) is 52.3 Å². The van der Waals surface area contributed by atoms with Gasteiger partial charge < -0.3 is 24.4 Å². The van der Waals surface area contributed by atoms with E-state index in [4.69, 9.17) is 19.3 Å². The summed E-state index contributed by atoms with van der Waals surface area (Å²) >= 11 is 0. The van der Waals surface area contributed by atoms with Crippen molar-refractivity contribution < 1.29 is 43.0 Å². The number of aliphatic hydroxyl groups is 1. The van der Waals surface area contributed by atoms with E-state index in [2.05, 4.69) is 47.9 Å². The van der Waals surface area contributed by atoms with Gasteiger partial charge in [-0.05, 0) is 70.6 Å². The molecule has 0 heterocycles. The van der Waals surface area contributed by atoms with E-state index in [1.807, 2.05) is 37.3 Å². The number of rotatable bonds is 34. The summed E-state index contributed by atoms with van der Waals surface area (Å²) < 4.78 is 26.2. The molecule has 0 aliphatic heterocycles. The molecule has 2 atom stereocenters. The van der Waals surface area contributed by atoms with Crippen molar-refractivity contribution in [3.8, 4) is 0 Å². The minimum atomic E-state index is -4.78. The van der Waals surface area contributed by atoms with Gasteiger partial charge >= 0.3 is 19.8 Å². The number of hydrogen-bond acceptors (Lipinski definition) is 7. The molecule has 51 heavy (non-hydrogen) atoms. The molecule has 0 aromatic heterocycles. The predicted molar refractivity (Wildman–Crippen MR) is 208 cm³/mol. The SMILES string of the molecule is CCCCCCCC/C=C\CCCCCCCC(=O)O[C@H](COC(=O)CCC/C=C\C/C=C\C/C=C\C/C=C\C=C\[C@@H](O)CC)COP(=O)(O)O. The Morgan fingerprint density at radius 2 is 1.12 bits per heavy atom. The maximum atomic E-state index is 12.4. The first kappa shape index (κ1) is 48.5. The second kappa shape index (κ2) is 35.8. The molecule has 292 valence electrons. The molecular formula is C41H69O9P. The molecule has 9 nitrogen and oxygen atoms in total. The number of carbonyl (C=O) groups is 2. The van der Waals surface area contributed by atoms with Crippen molar-refractivity contribution in [2.75, 3.05) is 13.2 Å². The minimum Gasteiger partial charge on any atom is -0.462 e. The highest BCUT2D eigenvalue weighted by atomic mass is 31.2. The van der Waals surface area contributed by atoms with E-state index < -0.39 is 32.5 Å². The van der Waals surface area contributed by atoms with Gasteiger partial charge in [0.1, 0.15) is 6.61 Å². The molecule has 0 rings (SSSR count). The maximum absolute atomic E-state index is 12.4. The number of aliphatic hydroxyl groups excluding tert-OH is 1. The Labute approximate surface area is 309 Å². The van der Waals surface area contributed by atoms with Gasteiger partial charge in [0.2, 0.25) is 0 Å². The molecule has 0 aliphatic rings. The van der Waals surface area contributed by atoms with E-state index in [1.54, 1.807) is 6.08 Å². The van der Waals surface area contributed by atoms with Gasteiger partial charge in [0.15, 0.2) is 6.10 Å². The zero-order valence-corrected chi connectivity index (χ0v) is 32.5. The lowest BCUT2D eigenvalue weighted by molar-refractivity contribution is -0.161. The van der Waals surface area contributed by atoms with Gasteiger partial charge in [0.25, 0.3) is 0 Å². The third-order valence-electron chi connectivity index (χ3n) is 7.87. The summed E-state index contributed by atoms with van der Waals surface area (Å²) in [5.41, 5.74) is 0. The molecule has 0 aromatic rings. The van der Waals surface area contributed by atoms with Gasteiger partial charge in [-0.25, -0.2) is 4.57 Å². The van der Waals surface area contributed by atoms with Crippen LogP contribution in [0.25, 0.3) is 0 Å². The zero-order chi connectivity index (χ0) is 37.7. The van der Waals surface area contributed by atoms with E-state index in [9.17, 15) is 19.3 Å². The number of allylic oxidation sites excluding steroid dienone is 11. The highest BCUT2D eigenvalue weighted by molar-refractivity contribution is 7.46. The second-order valence-electron chi connectivity index (χ2n) is 12.7. The highest BCUT2D eigenvalue weighted by Crippen LogP contribution is 2.36. The summed E-state index contributed by atoms with van der Waals surface area (Å²) in [6.45, 7) is 3.27. The number of phosphoric acid groups is 1. The molecule has 0 fully saturated rings. The number of hydrogen-bond donors (Lipinski definition) is 3. The predicted octanol–water partition coefficient (Wildman–Crippen LogP) is 10.5. The number of unbranched alkanes of at least 4 members (excludes halogenated alkanes) is 12. The van der Waals surface area contributed by atoms with Crippen LogP contribution in [0.4, 0.5) is 0 Å².